The van der Waals surface area contributed by atoms with Gasteiger partial charge >= 0.3 is 5.97 Å². The number of Topliss-reactive ketones (excluding diaryl/α,β-unsaturated/α-hetero) is 1. The maximum absolute atomic E-state index is 12.0. The van der Waals surface area contributed by atoms with E-state index in [4.69, 9.17) is 4.74 Å². The first-order valence-corrected chi connectivity index (χ1v) is 9.24. The molecule has 28 heavy (non-hydrogen) atoms. The minimum Gasteiger partial charge on any atom is -0.457 e. The summed E-state index contributed by atoms with van der Waals surface area (Å²) >= 11 is 1.28. The zero-order valence-electron chi connectivity index (χ0n) is 15.3. The van der Waals surface area contributed by atoms with Crippen molar-refractivity contribution in [1.82, 2.24) is 4.98 Å². The number of ketones is 1. The number of nitro benzene ring substituents is 1. The molecular weight excluding hydrogens is 382 g/mol. The van der Waals surface area contributed by atoms with E-state index in [1.165, 1.54) is 36.0 Å². The van der Waals surface area contributed by atoms with Crippen LogP contribution in [0.4, 0.5) is 5.69 Å². The second kappa shape index (κ2) is 9.62. The number of thioether (sulfide) groups is 1. The van der Waals surface area contributed by atoms with Gasteiger partial charge in [0.15, 0.2) is 12.4 Å². The van der Waals surface area contributed by atoms with Gasteiger partial charge in [-0.1, -0.05) is 0 Å². The van der Waals surface area contributed by atoms with E-state index in [-0.39, 0.29) is 17.7 Å². The molecule has 0 aliphatic rings. The van der Waals surface area contributed by atoms with Crippen LogP contribution in [-0.2, 0) is 9.53 Å². The van der Waals surface area contributed by atoms with Gasteiger partial charge in [-0.2, -0.15) is 5.26 Å². The number of esters is 1. The van der Waals surface area contributed by atoms with Gasteiger partial charge in [0.05, 0.1) is 16.9 Å². The predicted octanol–water partition coefficient (Wildman–Crippen LogP) is 3.39. The maximum atomic E-state index is 12.0. The Bertz CT molecular complexity index is 951. The largest absolute Gasteiger partial charge is 0.457 e. The van der Waals surface area contributed by atoms with Crippen molar-refractivity contribution in [2.24, 2.45) is 0 Å². The van der Waals surface area contributed by atoms with Gasteiger partial charge in [0, 0.05) is 29.1 Å². The minimum absolute atomic E-state index is 0.0533. The molecule has 0 aliphatic carbocycles. The van der Waals surface area contributed by atoms with E-state index in [9.17, 15) is 25.0 Å². The van der Waals surface area contributed by atoms with Crippen LogP contribution in [0.1, 0.15) is 33.6 Å². The summed E-state index contributed by atoms with van der Waals surface area (Å²) < 4.78 is 4.96. The second-order valence-corrected chi connectivity index (χ2v) is 6.94. The average molecular weight is 399 g/mol. The van der Waals surface area contributed by atoms with E-state index in [1.807, 2.05) is 19.9 Å². The monoisotopic (exact) mass is 399 g/mol. The molecule has 0 unspecified atom stereocenters. The van der Waals surface area contributed by atoms with Crippen LogP contribution in [0.5, 0.6) is 0 Å². The number of rotatable bonds is 8. The third-order valence-electron chi connectivity index (χ3n) is 3.73. The summed E-state index contributed by atoms with van der Waals surface area (Å²) in [7, 11) is 0. The topological polar surface area (TPSA) is 123 Å². The summed E-state index contributed by atoms with van der Waals surface area (Å²) in [4.78, 5) is 38.2. The molecule has 2 aromatic rings. The molecule has 0 saturated carbocycles. The Balaban J connectivity index is 1.83. The van der Waals surface area contributed by atoms with E-state index < -0.39 is 23.3 Å². The molecule has 9 heteroatoms. The first kappa shape index (κ1) is 21.1. The predicted molar refractivity (Wildman–Crippen MR) is 102 cm³/mol. The van der Waals surface area contributed by atoms with E-state index in [2.05, 4.69) is 11.1 Å². The smallest absolute Gasteiger partial charge is 0.307 e. The maximum Gasteiger partial charge on any atom is 0.307 e. The van der Waals surface area contributed by atoms with E-state index in [0.29, 0.717) is 16.3 Å². The van der Waals surface area contributed by atoms with Crippen molar-refractivity contribution in [2.75, 3.05) is 12.4 Å². The number of ether oxygens (including phenoxy) is 1. The number of benzene rings is 1. The van der Waals surface area contributed by atoms with Gasteiger partial charge in [-0.25, -0.2) is 4.98 Å². The van der Waals surface area contributed by atoms with Gasteiger partial charge in [0.2, 0.25) is 0 Å². The third kappa shape index (κ3) is 5.62. The van der Waals surface area contributed by atoms with Gasteiger partial charge in [0.25, 0.3) is 5.69 Å². The van der Waals surface area contributed by atoms with Crippen LogP contribution in [0, 0.1) is 35.3 Å². The second-order valence-electron chi connectivity index (χ2n) is 5.86. The SMILES string of the molecule is Cc1cc(C)c(C#N)c(SCCC(=O)OCC(=O)c2ccc([N+](=O)[O-])cc2)n1. The van der Waals surface area contributed by atoms with E-state index >= 15 is 0 Å². The summed E-state index contributed by atoms with van der Waals surface area (Å²) in [6.45, 7) is 3.22. The highest BCUT2D eigenvalue weighted by molar-refractivity contribution is 7.99. The minimum atomic E-state index is -0.561. The number of pyridine rings is 1. The molecule has 1 aromatic carbocycles. The molecule has 0 radical (unpaired) electrons. The highest BCUT2D eigenvalue weighted by atomic mass is 32.2. The van der Waals surface area contributed by atoms with Crippen molar-refractivity contribution in [3.63, 3.8) is 0 Å². The molecule has 0 atom stereocenters. The van der Waals surface area contributed by atoms with Crippen LogP contribution < -0.4 is 0 Å². The normalized spacial score (nSPS) is 10.2. The Hall–Kier alpha value is -3.25. The Morgan fingerprint density at radius 2 is 1.96 bits per heavy atom. The molecule has 0 spiro atoms. The van der Waals surface area contributed by atoms with Crippen LogP contribution in [0.25, 0.3) is 0 Å². The molecule has 0 saturated heterocycles. The summed E-state index contributed by atoms with van der Waals surface area (Å²) in [5.74, 6) is -0.640. The van der Waals surface area contributed by atoms with Crippen molar-refractivity contribution in [3.8, 4) is 6.07 Å². The number of carbonyl (C=O) groups is 2. The number of carbonyl (C=O) groups excluding carboxylic acids is 2. The summed E-state index contributed by atoms with van der Waals surface area (Å²) in [5.41, 5.74) is 2.20. The molecular formula is C19H17N3O5S. The molecule has 144 valence electrons. The van der Waals surface area contributed by atoms with Crippen molar-refractivity contribution in [3.05, 3.63) is 62.8 Å². The molecule has 8 nitrogen and oxygen atoms in total. The lowest BCUT2D eigenvalue weighted by Gasteiger charge is -2.07. The number of non-ortho nitro benzene ring substituents is 1. The van der Waals surface area contributed by atoms with Crippen LogP contribution in [0.3, 0.4) is 0 Å². The standard InChI is InChI=1S/C19H17N3O5S/c1-12-9-13(2)21-19(16(12)10-20)28-8-7-18(24)27-11-17(23)14-3-5-15(6-4-14)22(25)26/h3-6,9H,7-8,11H2,1-2H3. The lowest BCUT2D eigenvalue weighted by molar-refractivity contribution is -0.384. The van der Waals surface area contributed by atoms with E-state index in [0.717, 1.165) is 11.3 Å². The summed E-state index contributed by atoms with van der Waals surface area (Å²) in [6, 6.07) is 9.00. The Morgan fingerprint density at radius 1 is 1.29 bits per heavy atom. The summed E-state index contributed by atoms with van der Waals surface area (Å²) in [6.07, 6.45) is 0.0533. The average Bonchev–Trinajstić information content (AvgIpc) is 2.66. The fourth-order valence-corrected chi connectivity index (χ4v) is 3.37. The quantitative estimate of drug-likeness (QED) is 0.218. The number of nitro groups is 1. The zero-order chi connectivity index (χ0) is 20.7. The Labute approximate surface area is 165 Å². The number of nitriles is 1. The zero-order valence-corrected chi connectivity index (χ0v) is 16.1. The van der Waals surface area contributed by atoms with Crippen molar-refractivity contribution < 1.29 is 19.2 Å². The Morgan fingerprint density at radius 3 is 2.57 bits per heavy atom. The number of hydrogen-bond acceptors (Lipinski definition) is 8. The van der Waals surface area contributed by atoms with Gasteiger partial charge in [-0.3, -0.25) is 19.7 Å². The van der Waals surface area contributed by atoms with Gasteiger partial charge in [-0.05, 0) is 37.6 Å². The Kier molecular flexibility index (Phi) is 7.23. The number of hydrogen-bond donors (Lipinski definition) is 0. The van der Waals surface area contributed by atoms with Gasteiger partial charge < -0.3 is 4.74 Å². The lowest BCUT2D eigenvalue weighted by atomic mass is 10.1. The number of nitrogens with zero attached hydrogens (tertiary/aromatic N) is 3. The fourth-order valence-electron chi connectivity index (χ4n) is 2.34. The first-order chi connectivity index (χ1) is 13.3. The van der Waals surface area contributed by atoms with Gasteiger partial charge in [0.1, 0.15) is 11.1 Å². The summed E-state index contributed by atoms with van der Waals surface area (Å²) in [5, 5.41) is 20.4. The van der Waals surface area contributed by atoms with Crippen molar-refractivity contribution in [2.45, 2.75) is 25.3 Å². The molecule has 0 aliphatic heterocycles. The molecule has 0 N–H and O–H groups in total. The van der Waals surface area contributed by atoms with Gasteiger partial charge in [-0.15, -0.1) is 11.8 Å². The van der Waals surface area contributed by atoms with Crippen LogP contribution in [-0.4, -0.2) is 34.0 Å². The molecule has 1 aromatic heterocycles. The van der Waals surface area contributed by atoms with E-state index in [1.54, 1.807) is 0 Å². The highest BCUT2D eigenvalue weighted by Crippen LogP contribution is 2.24. The molecule has 1 heterocycles. The lowest BCUT2D eigenvalue weighted by Crippen LogP contribution is -2.14. The molecule has 0 amide bonds. The van der Waals surface area contributed by atoms with Crippen LogP contribution in [0.2, 0.25) is 0 Å². The van der Waals surface area contributed by atoms with Crippen LogP contribution >= 0.6 is 11.8 Å². The highest BCUT2D eigenvalue weighted by Gasteiger charge is 2.14. The third-order valence-corrected chi connectivity index (χ3v) is 4.71. The molecule has 2 rings (SSSR count). The fraction of sp³-hybridized carbons (Fsp3) is 0.263. The first-order valence-electron chi connectivity index (χ1n) is 8.26. The molecule has 0 bridgehead atoms. The number of aryl methyl sites for hydroxylation is 2. The molecule has 0 fully saturated rings. The van der Waals surface area contributed by atoms with Crippen LogP contribution in [0.15, 0.2) is 35.4 Å². The van der Waals surface area contributed by atoms with Crippen molar-refractivity contribution >= 4 is 29.2 Å². The van der Waals surface area contributed by atoms with Crippen molar-refractivity contribution in [1.29, 1.82) is 5.26 Å². The number of aromatic nitrogens is 1.